The number of hydrogen-bond acceptors (Lipinski definition) is 2. The Morgan fingerprint density at radius 1 is 1.43 bits per heavy atom. The molecular weight excluding hydrogens is 244 g/mol. The summed E-state index contributed by atoms with van der Waals surface area (Å²) in [6.07, 6.45) is 0.617. The van der Waals surface area contributed by atoms with E-state index in [1.54, 1.807) is 4.99 Å². The number of rotatable bonds is 3. The maximum absolute atomic E-state index is 10.7. The van der Waals surface area contributed by atoms with Crippen LogP contribution in [0.2, 0.25) is 0 Å². The normalized spacial score (nSPS) is 11.1. The van der Waals surface area contributed by atoms with Gasteiger partial charge >= 0.3 is 5.97 Å². The lowest BCUT2D eigenvalue weighted by molar-refractivity contribution is -0.136. The van der Waals surface area contributed by atoms with Gasteiger partial charge in [0.1, 0.15) is 5.76 Å². The molecule has 74 valence electrons. The summed E-state index contributed by atoms with van der Waals surface area (Å²) in [5.74, 6) is 0.315. The topological polar surface area (TPSA) is 26.3 Å². The molecule has 1 aromatic rings. The van der Waals surface area contributed by atoms with Gasteiger partial charge < -0.3 is 4.74 Å². The van der Waals surface area contributed by atoms with E-state index in [0.29, 0.717) is 12.2 Å². The Morgan fingerprint density at radius 3 is 2.57 bits per heavy atom. The molecule has 0 bridgehead atoms. The molecule has 3 heteroatoms. The van der Waals surface area contributed by atoms with Gasteiger partial charge in [-0.2, -0.15) is 0 Å². The van der Waals surface area contributed by atoms with Crippen LogP contribution in [0, 0.1) is 0 Å². The highest BCUT2D eigenvalue weighted by molar-refractivity contribution is 9.11. The fraction of sp³-hybridized carbons (Fsp3) is 0.182. The van der Waals surface area contributed by atoms with Crippen molar-refractivity contribution in [3.63, 3.8) is 0 Å². The Kier molecular flexibility index (Phi) is 4.40. The van der Waals surface area contributed by atoms with Gasteiger partial charge in [0.05, 0.1) is 0 Å². The summed E-state index contributed by atoms with van der Waals surface area (Å²) in [4.78, 5) is 12.3. The highest BCUT2D eigenvalue weighted by atomic mass is 79.9. The molecule has 0 aliphatic carbocycles. The van der Waals surface area contributed by atoms with E-state index in [4.69, 9.17) is 4.74 Å². The highest BCUT2D eigenvalue weighted by Gasteiger charge is 2.02. The summed E-state index contributed by atoms with van der Waals surface area (Å²) >= 11 is 3.16. The minimum absolute atomic E-state index is 0.299. The molecule has 0 unspecified atom stereocenters. The molecular formula is C11H11BrO2. The molecule has 0 aromatic heterocycles. The number of carbonyl (C=O) groups excluding carboxylic acids is 1. The van der Waals surface area contributed by atoms with E-state index in [1.165, 1.54) is 6.92 Å². The van der Waals surface area contributed by atoms with Gasteiger partial charge in [0.2, 0.25) is 0 Å². The van der Waals surface area contributed by atoms with Crippen molar-refractivity contribution in [2.75, 3.05) is 0 Å². The number of hydrogen-bond donors (Lipinski definition) is 0. The fourth-order valence-electron chi connectivity index (χ4n) is 1.08. The monoisotopic (exact) mass is 254 g/mol. The van der Waals surface area contributed by atoms with Crippen LogP contribution in [-0.4, -0.2) is 5.97 Å². The Balaban J connectivity index is 2.63. The quantitative estimate of drug-likeness (QED) is 0.613. The minimum atomic E-state index is -0.299. The van der Waals surface area contributed by atoms with Gasteiger partial charge in [-0.3, -0.25) is 4.79 Å². The third-order valence-electron chi connectivity index (χ3n) is 1.62. The first-order valence-electron chi connectivity index (χ1n) is 4.24. The third-order valence-corrected chi connectivity index (χ3v) is 2.13. The van der Waals surface area contributed by atoms with Crippen molar-refractivity contribution in [1.29, 1.82) is 0 Å². The van der Waals surface area contributed by atoms with Crippen LogP contribution in [0.15, 0.2) is 41.1 Å². The van der Waals surface area contributed by atoms with Crippen LogP contribution in [0.5, 0.6) is 0 Å². The van der Waals surface area contributed by atoms with Crippen molar-refractivity contribution >= 4 is 21.9 Å². The van der Waals surface area contributed by atoms with Gasteiger partial charge in [0, 0.05) is 18.3 Å². The van der Waals surface area contributed by atoms with E-state index in [-0.39, 0.29) is 5.97 Å². The summed E-state index contributed by atoms with van der Waals surface area (Å²) in [6, 6.07) is 9.83. The van der Waals surface area contributed by atoms with Crippen molar-refractivity contribution in [2.24, 2.45) is 0 Å². The summed E-state index contributed by atoms with van der Waals surface area (Å²) in [6.45, 7) is 1.39. The predicted octanol–water partition coefficient (Wildman–Crippen LogP) is 3.03. The summed E-state index contributed by atoms with van der Waals surface area (Å²) in [5, 5.41) is 0. The second-order valence-corrected chi connectivity index (χ2v) is 3.29. The van der Waals surface area contributed by atoms with E-state index >= 15 is 0 Å². The zero-order valence-electron chi connectivity index (χ0n) is 7.87. The summed E-state index contributed by atoms with van der Waals surface area (Å²) in [5.41, 5.74) is 1.11. The third kappa shape index (κ3) is 3.75. The zero-order chi connectivity index (χ0) is 10.4. The number of esters is 1. The summed E-state index contributed by atoms with van der Waals surface area (Å²) < 4.78 is 4.98. The molecule has 0 fully saturated rings. The van der Waals surface area contributed by atoms with Crippen molar-refractivity contribution < 1.29 is 9.53 Å². The Hall–Kier alpha value is -1.09. The lowest BCUT2D eigenvalue weighted by Crippen LogP contribution is -2.01. The number of allylic oxidation sites excluding steroid dienone is 1. The van der Waals surface area contributed by atoms with E-state index in [0.717, 1.165) is 5.56 Å². The Bertz CT molecular complexity index is 330. The summed E-state index contributed by atoms with van der Waals surface area (Å²) in [7, 11) is 0. The van der Waals surface area contributed by atoms with Crippen LogP contribution in [-0.2, 0) is 16.0 Å². The van der Waals surface area contributed by atoms with Crippen LogP contribution in [0.4, 0.5) is 0 Å². The van der Waals surface area contributed by atoms with E-state index < -0.39 is 0 Å². The Labute approximate surface area is 91.7 Å². The first kappa shape index (κ1) is 11.0. The van der Waals surface area contributed by atoms with Crippen LogP contribution in [0.25, 0.3) is 0 Å². The molecule has 0 saturated carbocycles. The average molecular weight is 255 g/mol. The first-order valence-corrected chi connectivity index (χ1v) is 5.15. The molecule has 0 saturated heterocycles. The smallest absolute Gasteiger partial charge is 0.307 e. The van der Waals surface area contributed by atoms with Crippen LogP contribution >= 0.6 is 15.9 Å². The van der Waals surface area contributed by atoms with Crippen LogP contribution < -0.4 is 0 Å². The van der Waals surface area contributed by atoms with Gasteiger partial charge in [-0.15, -0.1) is 0 Å². The fourth-order valence-corrected chi connectivity index (χ4v) is 1.33. The van der Waals surface area contributed by atoms with Crippen molar-refractivity contribution in [2.45, 2.75) is 13.3 Å². The maximum Gasteiger partial charge on any atom is 0.307 e. The van der Waals surface area contributed by atoms with Gasteiger partial charge in [0.25, 0.3) is 0 Å². The standard InChI is InChI=1S/C11H11BrO2/c1-9(13)14-11(8-12)7-10-5-3-2-4-6-10/h2-6,8H,7H2,1H3/b11-8-. The molecule has 0 N–H and O–H groups in total. The maximum atomic E-state index is 10.7. The molecule has 0 amide bonds. The van der Waals surface area contributed by atoms with Crippen LogP contribution in [0.1, 0.15) is 12.5 Å². The molecule has 0 spiro atoms. The number of ether oxygens (including phenoxy) is 1. The second kappa shape index (κ2) is 5.60. The van der Waals surface area contributed by atoms with Gasteiger partial charge in [0.15, 0.2) is 0 Å². The minimum Gasteiger partial charge on any atom is -0.430 e. The number of halogens is 1. The van der Waals surface area contributed by atoms with E-state index in [1.807, 2.05) is 30.3 Å². The lowest BCUT2D eigenvalue weighted by atomic mass is 10.1. The van der Waals surface area contributed by atoms with Crippen molar-refractivity contribution in [3.05, 3.63) is 46.6 Å². The predicted molar refractivity (Wildman–Crippen MR) is 58.9 cm³/mol. The molecule has 0 atom stereocenters. The van der Waals surface area contributed by atoms with Gasteiger partial charge in [-0.25, -0.2) is 0 Å². The molecule has 2 nitrogen and oxygen atoms in total. The largest absolute Gasteiger partial charge is 0.430 e. The molecule has 1 rings (SSSR count). The van der Waals surface area contributed by atoms with Crippen LogP contribution in [0.3, 0.4) is 0 Å². The SMILES string of the molecule is CC(=O)O/C(=C\Br)Cc1ccccc1. The van der Waals surface area contributed by atoms with E-state index in [2.05, 4.69) is 15.9 Å². The molecule has 0 radical (unpaired) electrons. The van der Waals surface area contributed by atoms with Gasteiger partial charge in [-0.05, 0) is 5.56 Å². The number of benzene rings is 1. The highest BCUT2D eigenvalue weighted by Crippen LogP contribution is 2.10. The molecule has 0 aliphatic heterocycles. The molecule has 0 heterocycles. The lowest BCUT2D eigenvalue weighted by Gasteiger charge is -2.05. The van der Waals surface area contributed by atoms with Crippen molar-refractivity contribution in [1.82, 2.24) is 0 Å². The molecule has 0 aliphatic rings. The first-order chi connectivity index (χ1) is 6.72. The number of carbonyl (C=O) groups is 1. The second-order valence-electron chi connectivity index (χ2n) is 2.83. The average Bonchev–Trinajstić information content (AvgIpc) is 2.17. The zero-order valence-corrected chi connectivity index (χ0v) is 9.45. The van der Waals surface area contributed by atoms with Gasteiger partial charge in [-0.1, -0.05) is 46.3 Å². The van der Waals surface area contributed by atoms with E-state index in [9.17, 15) is 4.79 Å². The molecule has 14 heavy (non-hydrogen) atoms. The Morgan fingerprint density at radius 2 is 2.07 bits per heavy atom. The van der Waals surface area contributed by atoms with Crippen molar-refractivity contribution in [3.8, 4) is 0 Å². The molecule has 1 aromatic carbocycles.